The van der Waals surface area contributed by atoms with Crippen LogP contribution in [0.2, 0.25) is 10.0 Å². The molecule has 0 bridgehead atoms. The van der Waals surface area contributed by atoms with E-state index >= 15 is 0 Å². The summed E-state index contributed by atoms with van der Waals surface area (Å²) in [6, 6.07) is 9.14. The predicted octanol–water partition coefficient (Wildman–Crippen LogP) is 3.75. The number of halogens is 3. The highest BCUT2D eigenvalue weighted by Crippen LogP contribution is 2.26. The lowest BCUT2D eigenvalue weighted by atomic mass is 10.3. The number of fused-ring (bicyclic) bond motifs is 1. The van der Waals surface area contributed by atoms with Gasteiger partial charge in [0.05, 0.1) is 21.1 Å². The van der Waals surface area contributed by atoms with E-state index in [1.807, 2.05) is 0 Å². The molecule has 2 N–H and O–H groups in total. The number of nitrogens with zero attached hydrogens (tertiary/aromatic N) is 1. The van der Waals surface area contributed by atoms with Crippen LogP contribution in [0.3, 0.4) is 0 Å². The van der Waals surface area contributed by atoms with Crippen molar-refractivity contribution in [1.29, 1.82) is 0 Å². The number of hydrogen-bond acceptors (Lipinski definition) is 3. The van der Waals surface area contributed by atoms with Gasteiger partial charge in [-0.15, -0.1) is 0 Å². The summed E-state index contributed by atoms with van der Waals surface area (Å²) in [4.78, 5) is 19.2. The molecule has 0 spiro atoms. The molecule has 0 atom stereocenters. The molecule has 0 saturated carbocycles. The number of rotatable bonds is 6. The number of hydrogen-bond donors (Lipinski definition) is 2. The fourth-order valence-electron chi connectivity index (χ4n) is 2.24. The minimum Gasteiger partial charge on any atom is -0.484 e. The summed E-state index contributed by atoms with van der Waals surface area (Å²) >= 11 is 11.7. The summed E-state index contributed by atoms with van der Waals surface area (Å²) in [5.74, 6) is 0.529. The van der Waals surface area contributed by atoms with Crippen molar-refractivity contribution in [3.63, 3.8) is 0 Å². The Bertz CT molecular complexity index is 914. The smallest absolute Gasteiger partial charge is 0.257 e. The van der Waals surface area contributed by atoms with E-state index in [0.29, 0.717) is 40.1 Å². The van der Waals surface area contributed by atoms with E-state index in [1.165, 1.54) is 12.1 Å². The van der Waals surface area contributed by atoms with Gasteiger partial charge in [-0.25, -0.2) is 9.37 Å². The predicted molar refractivity (Wildman–Crippen MR) is 94.7 cm³/mol. The average molecular weight is 382 g/mol. The first-order valence-electron chi connectivity index (χ1n) is 7.50. The fourth-order valence-corrected chi connectivity index (χ4v) is 2.53. The van der Waals surface area contributed by atoms with Crippen LogP contribution in [0.5, 0.6) is 5.75 Å². The molecule has 0 radical (unpaired) electrons. The molecule has 130 valence electrons. The second kappa shape index (κ2) is 7.72. The summed E-state index contributed by atoms with van der Waals surface area (Å²) in [7, 11) is 0. The number of aromatic nitrogens is 2. The fraction of sp³-hybridized carbons (Fsp3) is 0.176. The average Bonchev–Trinajstić information content (AvgIpc) is 2.97. The third-order valence-electron chi connectivity index (χ3n) is 3.44. The minimum atomic E-state index is -0.335. The largest absolute Gasteiger partial charge is 0.484 e. The van der Waals surface area contributed by atoms with Gasteiger partial charge in [-0.2, -0.15) is 0 Å². The van der Waals surface area contributed by atoms with Gasteiger partial charge in [-0.3, -0.25) is 4.79 Å². The van der Waals surface area contributed by atoms with Crippen molar-refractivity contribution in [2.45, 2.75) is 6.42 Å². The quantitative estimate of drug-likeness (QED) is 0.683. The summed E-state index contributed by atoms with van der Waals surface area (Å²) in [5, 5.41) is 3.51. The van der Waals surface area contributed by atoms with Crippen LogP contribution in [-0.2, 0) is 11.2 Å². The lowest BCUT2D eigenvalue weighted by Crippen LogP contribution is -2.30. The Hall–Kier alpha value is -2.31. The number of imidazole rings is 1. The molecule has 3 rings (SSSR count). The lowest BCUT2D eigenvalue weighted by molar-refractivity contribution is -0.123. The van der Waals surface area contributed by atoms with Crippen LogP contribution in [0.25, 0.3) is 11.0 Å². The number of benzene rings is 2. The molecule has 8 heteroatoms. The number of ether oxygens (including phenoxy) is 1. The van der Waals surface area contributed by atoms with E-state index in [4.69, 9.17) is 27.9 Å². The van der Waals surface area contributed by atoms with Crippen molar-refractivity contribution in [3.8, 4) is 5.75 Å². The normalized spacial score (nSPS) is 10.8. The molecule has 1 amide bonds. The highest BCUT2D eigenvalue weighted by molar-refractivity contribution is 6.42. The molecule has 0 saturated heterocycles. The zero-order chi connectivity index (χ0) is 17.8. The summed E-state index contributed by atoms with van der Waals surface area (Å²) < 4.78 is 18.5. The molecule has 0 fully saturated rings. The molecule has 3 aromatic rings. The van der Waals surface area contributed by atoms with E-state index in [2.05, 4.69) is 15.3 Å². The maximum absolute atomic E-state index is 13.1. The Morgan fingerprint density at radius 2 is 2.04 bits per heavy atom. The zero-order valence-corrected chi connectivity index (χ0v) is 14.5. The Morgan fingerprint density at radius 1 is 1.20 bits per heavy atom. The minimum absolute atomic E-state index is 0.136. The molecular weight excluding hydrogens is 368 g/mol. The van der Waals surface area contributed by atoms with E-state index in [9.17, 15) is 9.18 Å². The number of carbonyl (C=O) groups excluding carboxylic acids is 1. The van der Waals surface area contributed by atoms with Gasteiger partial charge in [-0.1, -0.05) is 23.2 Å². The maximum Gasteiger partial charge on any atom is 0.257 e. The molecule has 0 aliphatic rings. The molecular formula is C17H14Cl2FN3O2. The van der Waals surface area contributed by atoms with Crippen molar-refractivity contribution in [1.82, 2.24) is 15.3 Å². The summed E-state index contributed by atoms with van der Waals surface area (Å²) in [6.45, 7) is 0.245. The SMILES string of the molecule is O=C(COc1ccc(Cl)c(Cl)c1)NCCc1nc2cc(F)ccc2[nH]1. The molecule has 0 aliphatic heterocycles. The molecule has 0 aliphatic carbocycles. The van der Waals surface area contributed by atoms with Crippen molar-refractivity contribution in [3.05, 3.63) is 58.1 Å². The van der Waals surface area contributed by atoms with Crippen LogP contribution < -0.4 is 10.1 Å². The molecule has 1 heterocycles. The van der Waals surface area contributed by atoms with Crippen molar-refractivity contribution >= 4 is 40.1 Å². The highest BCUT2D eigenvalue weighted by atomic mass is 35.5. The topological polar surface area (TPSA) is 67.0 Å². The van der Waals surface area contributed by atoms with Gasteiger partial charge in [0.25, 0.3) is 5.91 Å². The Balaban J connectivity index is 1.46. The van der Waals surface area contributed by atoms with Crippen molar-refractivity contribution < 1.29 is 13.9 Å². The molecule has 0 unspecified atom stereocenters. The van der Waals surface area contributed by atoms with Gasteiger partial charge >= 0.3 is 0 Å². The number of nitrogens with one attached hydrogen (secondary N) is 2. The van der Waals surface area contributed by atoms with Crippen LogP contribution >= 0.6 is 23.2 Å². The second-order valence-corrected chi connectivity index (χ2v) is 6.12. The monoisotopic (exact) mass is 381 g/mol. The van der Waals surface area contributed by atoms with Crippen LogP contribution in [0, 0.1) is 5.82 Å². The van der Waals surface area contributed by atoms with Crippen LogP contribution in [0.4, 0.5) is 4.39 Å². The van der Waals surface area contributed by atoms with Gasteiger partial charge in [0.15, 0.2) is 6.61 Å². The molecule has 5 nitrogen and oxygen atoms in total. The Kier molecular flexibility index (Phi) is 5.40. The van der Waals surface area contributed by atoms with Crippen LogP contribution in [0.15, 0.2) is 36.4 Å². The van der Waals surface area contributed by atoms with E-state index in [0.717, 1.165) is 5.52 Å². The Morgan fingerprint density at radius 3 is 2.84 bits per heavy atom. The number of amides is 1. The lowest BCUT2D eigenvalue weighted by Gasteiger charge is -2.07. The maximum atomic E-state index is 13.1. The van der Waals surface area contributed by atoms with E-state index in [1.54, 1.807) is 24.3 Å². The van der Waals surface area contributed by atoms with Gasteiger partial charge in [-0.05, 0) is 24.3 Å². The van der Waals surface area contributed by atoms with Gasteiger partial charge in [0.2, 0.25) is 0 Å². The zero-order valence-electron chi connectivity index (χ0n) is 13.0. The first kappa shape index (κ1) is 17.5. The van der Waals surface area contributed by atoms with E-state index < -0.39 is 0 Å². The van der Waals surface area contributed by atoms with Crippen molar-refractivity contribution in [2.24, 2.45) is 0 Å². The number of aromatic amines is 1. The molecule has 1 aromatic heterocycles. The number of H-pyrrole nitrogens is 1. The third-order valence-corrected chi connectivity index (χ3v) is 4.18. The van der Waals surface area contributed by atoms with Gasteiger partial charge in [0, 0.05) is 25.1 Å². The molecule has 2 aromatic carbocycles. The highest BCUT2D eigenvalue weighted by Gasteiger charge is 2.07. The standard InChI is InChI=1S/C17H14Cl2FN3O2/c18-12-3-2-11(8-13(12)19)25-9-17(24)21-6-5-16-22-14-4-1-10(20)7-15(14)23-16/h1-4,7-8H,5-6,9H2,(H,21,24)(H,22,23). The summed E-state index contributed by atoms with van der Waals surface area (Å²) in [6.07, 6.45) is 0.495. The number of carbonyl (C=O) groups is 1. The van der Waals surface area contributed by atoms with Crippen LogP contribution in [-0.4, -0.2) is 29.0 Å². The Labute approximate surface area is 153 Å². The van der Waals surface area contributed by atoms with Crippen LogP contribution in [0.1, 0.15) is 5.82 Å². The van der Waals surface area contributed by atoms with Crippen molar-refractivity contribution in [2.75, 3.05) is 13.2 Å². The van der Waals surface area contributed by atoms with Gasteiger partial charge in [0.1, 0.15) is 17.4 Å². The first-order chi connectivity index (χ1) is 12.0. The molecule has 25 heavy (non-hydrogen) atoms. The second-order valence-electron chi connectivity index (χ2n) is 5.31. The van der Waals surface area contributed by atoms with E-state index in [-0.39, 0.29) is 18.3 Å². The van der Waals surface area contributed by atoms with Gasteiger partial charge < -0.3 is 15.0 Å². The summed E-state index contributed by atoms with van der Waals surface area (Å²) in [5.41, 5.74) is 1.31. The first-order valence-corrected chi connectivity index (χ1v) is 8.25. The third kappa shape index (κ3) is 4.61.